The number of alkyl halides is 1. The fourth-order valence-corrected chi connectivity index (χ4v) is 3.38. The van der Waals surface area contributed by atoms with E-state index in [1.807, 2.05) is 0 Å². The predicted molar refractivity (Wildman–Crippen MR) is 64.9 cm³/mol. The first kappa shape index (κ1) is 12.5. The molecule has 1 aliphatic heterocycles. The maximum atomic E-state index is 13.1. The Morgan fingerprint density at radius 2 is 2.41 bits per heavy atom. The van der Waals surface area contributed by atoms with E-state index >= 15 is 0 Å². The number of fused-ring (bicyclic) bond motifs is 1. The van der Waals surface area contributed by atoms with Crippen molar-refractivity contribution < 1.29 is 13.9 Å². The lowest BCUT2D eigenvalue weighted by molar-refractivity contribution is -0.142. The van der Waals surface area contributed by atoms with Crippen LogP contribution in [0.2, 0.25) is 0 Å². The molecule has 0 bridgehead atoms. The molecule has 0 unspecified atom stereocenters. The zero-order valence-electron chi connectivity index (χ0n) is 9.85. The van der Waals surface area contributed by atoms with Gasteiger partial charge in [-0.05, 0) is 18.9 Å². The zero-order chi connectivity index (χ0) is 12.3. The summed E-state index contributed by atoms with van der Waals surface area (Å²) in [5, 5.41) is 3.23. The van der Waals surface area contributed by atoms with Crippen molar-refractivity contribution in [1.29, 1.82) is 0 Å². The highest BCUT2D eigenvalue weighted by atomic mass is 32.1. The van der Waals surface area contributed by atoms with Gasteiger partial charge < -0.3 is 10.1 Å². The molecule has 0 atom stereocenters. The van der Waals surface area contributed by atoms with E-state index < -0.39 is 6.67 Å². The number of rotatable bonds is 4. The van der Waals surface area contributed by atoms with Crippen LogP contribution in [0.1, 0.15) is 27.8 Å². The van der Waals surface area contributed by atoms with Crippen LogP contribution < -0.4 is 5.32 Å². The molecule has 0 saturated carbocycles. The van der Waals surface area contributed by atoms with E-state index in [1.165, 1.54) is 4.88 Å². The van der Waals surface area contributed by atoms with Crippen molar-refractivity contribution in [3.63, 3.8) is 0 Å². The Labute approximate surface area is 104 Å². The molecule has 1 aliphatic rings. The maximum absolute atomic E-state index is 13.1. The summed E-state index contributed by atoms with van der Waals surface area (Å²) in [5.74, 6) is -0.270. The SMILES string of the molecule is CCOC(=O)Cc1sc2c(c1CF)CNCC2. The van der Waals surface area contributed by atoms with Gasteiger partial charge in [-0.1, -0.05) is 0 Å². The third kappa shape index (κ3) is 2.66. The number of carbonyl (C=O) groups excluding carboxylic acids is 1. The van der Waals surface area contributed by atoms with Crippen LogP contribution >= 0.6 is 11.3 Å². The lowest BCUT2D eigenvalue weighted by atomic mass is 10.0. The topological polar surface area (TPSA) is 38.3 Å². The summed E-state index contributed by atoms with van der Waals surface area (Å²) >= 11 is 1.56. The summed E-state index contributed by atoms with van der Waals surface area (Å²) in [6.07, 6.45) is 1.13. The van der Waals surface area contributed by atoms with Gasteiger partial charge in [0.15, 0.2) is 0 Å². The molecule has 5 heteroatoms. The second-order valence-corrected chi connectivity index (χ2v) is 5.14. The number of carbonyl (C=O) groups is 1. The Morgan fingerprint density at radius 3 is 3.12 bits per heavy atom. The number of thiophene rings is 1. The second-order valence-electron chi connectivity index (χ2n) is 3.95. The summed E-state index contributed by atoms with van der Waals surface area (Å²) in [7, 11) is 0. The fraction of sp³-hybridized carbons (Fsp3) is 0.583. The first-order valence-electron chi connectivity index (χ1n) is 5.80. The molecule has 94 valence electrons. The molecular formula is C12H16FNO2S. The number of halogens is 1. The first-order valence-corrected chi connectivity index (χ1v) is 6.62. The second kappa shape index (κ2) is 5.60. The molecule has 0 spiro atoms. The fourth-order valence-electron chi connectivity index (χ4n) is 2.07. The summed E-state index contributed by atoms with van der Waals surface area (Å²) in [6.45, 7) is 3.29. The molecule has 3 nitrogen and oxygen atoms in total. The van der Waals surface area contributed by atoms with Crippen molar-refractivity contribution in [2.75, 3.05) is 13.2 Å². The number of esters is 1. The average Bonchev–Trinajstić information content (AvgIpc) is 2.66. The average molecular weight is 257 g/mol. The van der Waals surface area contributed by atoms with Gasteiger partial charge in [0.1, 0.15) is 6.67 Å². The Bertz CT molecular complexity index is 417. The van der Waals surface area contributed by atoms with Gasteiger partial charge in [0.2, 0.25) is 0 Å². The van der Waals surface area contributed by atoms with E-state index in [1.54, 1.807) is 18.3 Å². The minimum absolute atomic E-state index is 0.199. The largest absolute Gasteiger partial charge is 0.466 e. The van der Waals surface area contributed by atoms with Crippen LogP contribution in [0.3, 0.4) is 0 Å². The lowest BCUT2D eigenvalue weighted by Crippen LogP contribution is -2.22. The molecule has 1 N–H and O–H groups in total. The van der Waals surface area contributed by atoms with Crippen molar-refractivity contribution in [3.05, 3.63) is 20.9 Å². The molecule has 17 heavy (non-hydrogen) atoms. The molecule has 2 heterocycles. The molecule has 0 saturated heterocycles. The Kier molecular flexibility index (Phi) is 4.12. The molecule has 2 rings (SSSR count). The van der Waals surface area contributed by atoms with Gasteiger partial charge in [0.25, 0.3) is 0 Å². The molecular weight excluding hydrogens is 241 g/mol. The van der Waals surface area contributed by atoms with Crippen molar-refractivity contribution in [2.24, 2.45) is 0 Å². The van der Waals surface area contributed by atoms with Gasteiger partial charge >= 0.3 is 5.97 Å². The van der Waals surface area contributed by atoms with E-state index in [9.17, 15) is 9.18 Å². The summed E-state index contributed by atoms with van der Waals surface area (Å²) < 4.78 is 18.0. The minimum atomic E-state index is -0.498. The van der Waals surface area contributed by atoms with Crippen LogP contribution in [-0.4, -0.2) is 19.1 Å². The van der Waals surface area contributed by atoms with Gasteiger partial charge in [0, 0.05) is 28.4 Å². The number of hydrogen-bond acceptors (Lipinski definition) is 4. The minimum Gasteiger partial charge on any atom is -0.466 e. The van der Waals surface area contributed by atoms with E-state index in [0.29, 0.717) is 18.7 Å². The van der Waals surface area contributed by atoms with Crippen molar-refractivity contribution in [2.45, 2.75) is 33.0 Å². The normalized spacial score (nSPS) is 14.5. The van der Waals surface area contributed by atoms with Gasteiger partial charge in [-0.15, -0.1) is 11.3 Å². The molecule has 1 aromatic heterocycles. The van der Waals surface area contributed by atoms with E-state index in [4.69, 9.17) is 4.74 Å². The summed E-state index contributed by atoms with van der Waals surface area (Å²) in [6, 6.07) is 0. The third-order valence-electron chi connectivity index (χ3n) is 2.86. The smallest absolute Gasteiger partial charge is 0.311 e. The van der Waals surface area contributed by atoms with Crippen LogP contribution in [0, 0.1) is 0 Å². The van der Waals surface area contributed by atoms with Crippen molar-refractivity contribution in [1.82, 2.24) is 5.32 Å². The van der Waals surface area contributed by atoms with Crippen LogP contribution in [0.25, 0.3) is 0 Å². The van der Waals surface area contributed by atoms with Crippen LogP contribution in [-0.2, 0) is 35.6 Å². The van der Waals surface area contributed by atoms with Crippen LogP contribution in [0.4, 0.5) is 4.39 Å². The molecule has 0 amide bonds. The lowest BCUT2D eigenvalue weighted by Gasteiger charge is -2.13. The maximum Gasteiger partial charge on any atom is 0.311 e. The molecule has 1 aromatic rings. The molecule has 0 radical (unpaired) electrons. The molecule has 0 fully saturated rings. The van der Waals surface area contributed by atoms with Crippen LogP contribution in [0.5, 0.6) is 0 Å². The number of nitrogens with one attached hydrogen (secondary N) is 1. The monoisotopic (exact) mass is 257 g/mol. The van der Waals surface area contributed by atoms with Crippen molar-refractivity contribution in [3.8, 4) is 0 Å². The number of hydrogen-bond donors (Lipinski definition) is 1. The highest BCUT2D eigenvalue weighted by molar-refractivity contribution is 7.12. The van der Waals surface area contributed by atoms with Gasteiger partial charge in [-0.3, -0.25) is 4.79 Å². The highest BCUT2D eigenvalue weighted by Gasteiger charge is 2.21. The van der Waals surface area contributed by atoms with Gasteiger partial charge in [-0.2, -0.15) is 0 Å². The number of ether oxygens (including phenoxy) is 1. The zero-order valence-corrected chi connectivity index (χ0v) is 10.7. The molecule has 0 aromatic carbocycles. The van der Waals surface area contributed by atoms with E-state index in [0.717, 1.165) is 23.4 Å². The van der Waals surface area contributed by atoms with Gasteiger partial charge in [0.05, 0.1) is 13.0 Å². The third-order valence-corrected chi connectivity index (χ3v) is 4.19. The van der Waals surface area contributed by atoms with E-state index in [-0.39, 0.29) is 12.4 Å². The first-order chi connectivity index (χ1) is 8.26. The molecule has 0 aliphatic carbocycles. The van der Waals surface area contributed by atoms with Crippen molar-refractivity contribution >= 4 is 17.3 Å². The standard InChI is InChI=1S/C12H16FNO2S/c1-2-16-12(15)5-11-8(6-13)9-7-14-4-3-10(9)17-11/h14H,2-7H2,1H3. The predicted octanol–water partition coefficient (Wildman–Crippen LogP) is 1.97. The Balaban J connectivity index is 2.21. The van der Waals surface area contributed by atoms with Crippen LogP contribution in [0.15, 0.2) is 0 Å². The quantitative estimate of drug-likeness (QED) is 0.838. The Morgan fingerprint density at radius 1 is 1.59 bits per heavy atom. The highest BCUT2D eigenvalue weighted by Crippen LogP contribution is 2.32. The summed E-state index contributed by atoms with van der Waals surface area (Å²) in [5.41, 5.74) is 1.76. The Hall–Kier alpha value is -0.940. The van der Waals surface area contributed by atoms with Gasteiger partial charge in [-0.25, -0.2) is 4.39 Å². The van der Waals surface area contributed by atoms with E-state index in [2.05, 4.69) is 5.32 Å². The summed E-state index contributed by atoms with van der Waals surface area (Å²) in [4.78, 5) is 13.5.